The van der Waals surface area contributed by atoms with E-state index in [9.17, 15) is 10.1 Å². The van der Waals surface area contributed by atoms with Crippen LogP contribution in [0.15, 0.2) is 72.1 Å². The molecule has 2 aliphatic heterocycles. The predicted octanol–water partition coefficient (Wildman–Crippen LogP) is 5.23. The highest BCUT2D eigenvalue weighted by atomic mass is 16.6. The maximum atomic E-state index is 12.8. The van der Waals surface area contributed by atoms with E-state index < -0.39 is 18.0 Å². The number of carbonyl (C=O) groups is 1. The van der Waals surface area contributed by atoms with Crippen molar-refractivity contribution >= 4 is 5.97 Å². The van der Waals surface area contributed by atoms with Gasteiger partial charge in [0.2, 0.25) is 12.0 Å². The molecule has 0 bridgehead atoms. The Morgan fingerprint density at radius 3 is 2.65 bits per heavy atom. The first-order valence-corrected chi connectivity index (χ1v) is 13.1. The Bertz CT molecular complexity index is 1480. The summed E-state index contributed by atoms with van der Waals surface area (Å²) < 4.78 is 34.3. The molecular weight excluding hydrogens is 512 g/mol. The number of unbranched alkanes of at least 4 members (excludes halogenated alkanes) is 2. The number of carbonyl (C=O) groups excluding carboxylic acids is 1. The van der Waals surface area contributed by atoms with Gasteiger partial charge in [-0.3, -0.25) is 0 Å². The van der Waals surface area contributed by atoms with Crippen molar-refractivity contribution in [2.45, 2.75) is 38.2 Å². The van der Waals surface area contributed by atoms with Crippen molar-refractivity contribution in [2.75, 3.05) is 20.3 Å². The third-order valence-corrected chi connectivity index (χ3v) is 6.71. The van der Waals surface area contributed by atoms with Crippen LogP contribution in [0.5, 0.6) is 34.5 Å². The molecule has 40 heavy (non-hydrogen) atoms. The zero-order valence-electron chi connectivity index (χ0n) is 22.3. The van der Waals surface area contributed by atoms with E-state index in [0.29, 0.717) is 40.9 Å². The van der Waals surface area contributed by atoms with Crippen LogP contribution >= 0.6 is 0 Å². The van der Waals surface area contributed by atoms with E-state index in [1.54, 1.807) is 43.5 Å². The standard InChI is InChI=1S/C31H30N2O7/c1-3-4-7-14-36-24-13-10-19(15-27(24)35-2)29-21-12-11-20(16-26(21)40-30(33)22(29)17-32)38-31(34)28-18-37-23-8-5-6-9-25(23)39-28/h5-6,8-13,15-16,28-29H,3-4,7,14,18,33H2,1-2H3. The quantitative estimate of drug-likeness (QED) is 0.220. The summed E-state index contributed by atoms with van der Waals surface area (Å²) in [6.07, 6.45) is 2.21. The fraction of sp³-hybridized carbons (Fsp3) is 0.290. The zero-order chi connectivity index (χ0) is 28.1. The topological polar surface area (TPSA) is 122 Å². The average Bonchev–Trinajstić information content (AvgIpc) is 2.98. The Kier molecular flexibility index (Phi) is 7.97. The van der Waals surface area contributed by atoms with Gasteiger partial charge in [0, 0.05) is 11.6 Å². The second-order valence-corrected chi connectivity index (χ2v) is 9.38. The lowest BCUT2D eigenvalue weighted by Crippen LogP contribution is -2.39. The molecule has 0 saturated carbocycles. The van der Waals surface area contributed by atoms with E-state index in [1.807, 2.05) is 24.3 Å². The molecule has 0 spiro atoms. The number of hydrogen-bond acceptors (Lipinski definition) is 9. The number of nitrogens with two attached hydrogens (primary N) is 1. The first-order valence-electron chi connectivity index (χ1n) is 13.1. The van der Waals surface area contributed by atoms with Gasteiger partial charge in [-0.2, -0.15) is 5.26 Å². The van der Waals surface area contributed by atoms with Gasteiger partial charge in [-0.15, -0.1) is 0 Å². The summed E-state index contributed by atoms with van der Waals surface area (Å²) in [5, 5.41) is 9.94. The van der Waals surface area contributed by atoms with Gasteiger partial charge in [0.15, 0.2) is 23.0 Å². The molecule has 0 saturated heterocycles. The summed E-state index contributed by atoms with van der Waals surface area (Å²) in [4.78, 5) is 12.8. The summed E-state index contributed by atoms with van der Waals surface area (Å²) >= 11 is 0. The van der Waals surface area contributed by atoms with Crippen LogP contribution in [-0.4, -0.2) is 32.4 Å². The van der Waals surface area contributed by atoms with Crippen LogP contribution in [0.2, 0.25) is 0 Å². The van der Waals surface area contributed by atoms with Crippen molar-refractivity contribution in [1.82, 2.24) is 0 Å². The first-order chi connectivity index (χ1) is 19.5. The number of benzene rings is 3. The summed E-state index contributed by atoms with van der Waals surface area (Å²) in [6.45, 7) is 2.76. The lowest BCUT2D eigenvalue weighted by molar-refractivity contribution is -0.144. The Labute approximate surface area is 232 Å². The number of hydrogen-bond donors (Lipinski definition) is 1. The molecular formula is C31H30N2O7. The summed E-state index contributed by atoms with van der Waals surface area (Å²) in [5.74, 6) is 1.69. The van der Waals surface area contributed by atoms with Crippen LogP contribution in [-0.2, 0) is 4.79 Å². The van der Waals surface area contributed by atoms with Crippen LogP contribution in [0, 0.1) is 11.3 Å². The van der Waals surface area contributed by atoms with E-state index >= 15 is 0 Å². The molecule has 206 valence electrons. The fourth-order valence-corrected chi connectivity index (χ4v) is 4.68. The molecule has 0 radical (unpaired) electrons. The average molecular weight is 543 g/mol. The van der Waals surface area contributed by atoms with Gasteiger partial charge in [-0.25, -0.2) is 4.79 Å². The molecule has 2 heterocycles. The molecule has 9 nitrogen and oxygen atoms in total. The van der Waals surface area contributed by atoms with Gasteiger partial charge in [-0.1, -0.05) is 44.0 Å². The minimum Gasteiger partial charge on any atom is -0.493 e. The Balaban J connectivity index is 1.38. The molecule has 2 atom stereocenters. The number of nitriles is 1. The number of allylic oxidation sites excluding steroid dienone is 1. The second kappa shape index (κ2) is 11.9. The molecule has 0 fully saturated rings. The molecule has 5 rings (SSSR count). The van der Waals surface area contributed by atoms with Crippen LogP contribution in [0.25, 0.3) is 0 Å². The maximum absolute atomic E-state index is 12.8. The van der Waals surface area contributed by atoms with Gasteiger partial charge in [0.05, 0.1) is 19.6 Å². The van der Waals surface area contributed by atoms with E-state index in [4.69, 9.17) is 34.2 Å². The molecule has 2 aliphatic rings. The molecule has 2 N–H and O–H groups in total. The van der Waals surface area contributed by atoms with E-state index in [-0.39, 0.29) is 23.8 Å². The molecule has 3 aromatic carbocycles. The number of methoxy groups -OCH3 is 1. The van der Waals surface area contributed by atoms with E-state index in [1.165, 1.54) is 0 Å². The minimum absolute atomic E-state index is 0.0250. The lowest BCUT2D eigenvalue weighted by atomic mass is 9.83. The van der Waals surface area contributed by atoms with Crippen LogP contribution in [0.1, 0.15) is 43.2 Å². The fourth-order valence-electron chi connectivity index (χ4n) is 4.68. The smallest absolute Gasteiger partial charge is 0.356 e. The monoisotopic (exact) mass is 542 g/mol. The highest BCUT2D eigenvalue weighted by Gasteiger charge is 2.33. The molecule has 0 aliphatic carbocycles. The molecule has 3 aromatic rings. The largest absolute Gasteiger partial charge is 0.493 e. The van der Waals surface area contributed by atoms with Crippen molar-refractivity contribution in [1.29, 1.82) is 5.26 Å². The van der Waals surface area contributed by atoms with Gasteiger partial charge >= 0.3 is 5.97 Å². The van der Waals surface area contributed by atoms with Gasteiger partial charge in [-0.05, 0) is 42.3 Å². The van der Waals surface area contributed by atoms with Gasteiger partial charge < -0.3 is 34.2 Å². The van der Waals surface area contributed by atoms with Crippen molar-refractivity contribution in [3.8, 4) is 40.6 Å². The van der Waals surface area contributed by atoms with Crippen LogP contribution in [0.4, 0.5) is 0 Å². The molecule has 2 unspecified atom stereocenters. The van der Waals surface area contributed by atoms with Crippen molar-refractivity contribution in [3.63, 3.8) is 0 Å². The highest BCUT2D eigenvalue weighted by Crippen LogP contribution is 2.45. The molecule has 0 aromatic heterocycles. The Hall–Kier alpha value is -4.84. The maximum Gasteiger partial charge on any atom is 0.356 e. The lowest BCUT2D eigenvalue weighted by Gasteiger charge is -2.27. The third-order valence-electron chi connectivity index (χ3n) is 6.71. The minimum atomic E-state index is -0.926. The molecule has 9 heteroatoms. The number of ether oxygens (including phenoxy) is 6. The number of fused-ring (bicyclic) bond motifs is 2. The second-order valence-electron chi connectivity index (χ2n) is 9.38. The van der Waals surface area contributed by atoms with Crippen molar-refractivity contribution in [2.24, 2.45) is 5.73 Å². The van der Waals surface area contributed by atoms with E-state index in [2.05, 4.69) is 13.0 Å². The predicted molar refractivity (Wildman–Crippen MR) is 146 cm³/mol. The number of esters is 1. The highest BCUT2D eigenvalue weighted by molar-refractivity contribution is 5.78. The Morgan fingerprint density at radius 2 is 1.88 bits per heavy atom. The summed E-state index contributed by atoms with van der Waals surface area (Å²) in [5.41, 5.74) is 7.91. The molecule has 0 amide bonds. The number of rotatable bonds is 9. The zero-order valence-corrected chi connectivity index (χ0v) is 22.3. The third kappa shape index (κ3) is 5.47. The van der Waals surface area contributed by atoms with Gasteiger partial charge in [0.1, 0.15) is 29.7 Å². The van der Waals surface area contributed by atoms with Crippen LogP contribution in [0.3, 0.4) is 0 Å². The van der Waals surface area contributed by atoms with Crippen LogP contribution < -0.4 is 34.2 Å². The Morgan fingerprint density at radius 1 is 1.05 bits per heavy atom. The van der Waals surface area contributed by atoms with Crippen molar-refractivity contribution < 1.29 is 33.2 Å². The first kappa shape index (κ1) is 26.8. The summed E-state index contributed by atoms with van der Waals surface area (Å²) in [6, 6.07) is 19.8. The van der Waals surface area contributed by atoms with Crippen molar-refractivity contribution in [3.05, 3.63) is 83.2 Å². The SMILES string of the molecule is CCCCCOc1ccc(C2C(C#N)=C(N)Oc3cc(OC(=O)C4COc5ccccc5O4)ccc32)cc1OC. The van der Waals surface area contributed by atoms with E-state index in [0.717, 1.165) is 24.8 Å². The number of para-hydroxylation sites is 2. The normalized spacial score (nSPS) is 17.2. The number of nitrogens with zero attached hydrogens (tertiary/aromatic N) is 1. The van der Waals surface area contributed by atoms with Gasteiger partial charge in [0.25, 0.3) is 0 Å². The summed E-state index contributed by atoms with van der Waals surface area (Å²) in [7, 11) is 1.58.